The van der Waals surface area contributed by atoms with E-state index in [1.807, 2.05) is 0 Å². The van der Waals surface area contributed by atoms with E-state index in [1.54, 1.807) is 6.08 Å². The third-order valence-corrected chi connectivity index (χ3v) is 0.672. The summed E-state index contributed by atoms with van der Waals surface area (Å²) in [5, 5.41) is 0. The first-order chi connectivity index (χ1) is 3.77. The fourth-order valence-corrected chi connectivity index (χ4v) is 0.323. The summed E-state index contributed by atoms with van der Waals surface area (Å²) in [4.78, 5) is 3.41. The first-order valence-corrected chi connectivity index (χ1v) is 2.52. The molecule has 1 unspecified atom stereocenters. The lowest BCUT2D eigenvalue weighted by atomic mass is 10.3. The van der Waals surface area contributed by atoms with Crippen molar-refractivity contribution in [2.24, 2.45) is 4.99 Å². The maximum absolute atomic E-state index is 11.9. The van der Waals surface area contributed by atoms with Crippen LogP contribution in [0.3, 0.4) is 0 Å². The van der Waals surface area contributed by atoms with Crippen molar-refractivity contribution in [3.63, 3.8) is 0 Å². The highest BCUT2D eigenvalue weighted by atomic mass is 19.1. The van der Waals surface area contributed by atoms with Crippen LogP contribution in [-0.2, 0) is 0 Å². The molecule has 0 saturated heterocycles. The van der Waals surface area contributed by atoms with Gasteiger partial charge in [0.05, 0.1) is 0 Å². The molecule has 2 heteroatoms. The Morgan fingerprint density at radius 3 is 2.88 bits per heavy atom. The normalized spacial score (nSPS) is 14.2. The van der Waals surface area contributed by atoms with Gasteiger partial charge >= 0.3 is 0 Å². The first-order valence-electron chi connectivity index (χ1n) is 2.52. The van der Waals surface area contributed by atoms with Gasteiger partial charge in [0.15, 0.2) is 0 Å². The van der Waals surface area contributed by atoms with E-state index in [1.165, 1.54) is 13.1 Å². The van der Waals surface area contributed by atoms with Gasteiger partial charge in [0.1, 0.15) is 6.17 Å². The Hall–Kier alpha value is -0.660. The van der Waals surface area contributed by atoms with Crippen LogP contribution in [0, 0.1) is 0 Å². The van der Waals surface area contributed by atoms with E-state index < -0.39 is 6.17 Å². The SMILES string of the molecule is C=N/C=C\CC(C)F. The summed E-state index contributed by atoms with van der Waals surface area (Å²) in [7, 11) is 0. The van der Waals surface area contributed by atoms with Crippen molar-refractivity contribution in [1.29, 1.82) is 0 Å². The smallest absolute Gasteiger partial charge is 0.101 e. The van der Waals surface area contributed by atoms with E-state index in [-0.39, 0.29) is 0 Å². The second-order valence-electron chi connectivity index (χ2n) is 1.58. The van der Waals surface area contributed by atoms with Crippen molar-refractivity contribution in [2.45, 2.75) is 19.5 Å². The largest absolute Gasteiger partial charge is 0.273 e. The highest BCUT2D eigenvalue weighted by Gasteiger charge is 1.89. The molecule has 0 heterocycles. The molecule has 0 aliphatic carbocycles. The lowest BCUT2D eigenvalue weighted by molar-refractivity contribution is 0.365. The van der Waals surface area contributed by atoms with E-state index in [2.05, 4.69) is 11.7 Å². The highest BCUT2D eigenvalue weighted by Crippen LogP contribution is 1.95. The summed E-state index contributed by atoms with van der Waals surface area (Å²) < 4.78 is 11.9. The molecule has 0 amide bonds. The van der Waals surface area contributed by atoms with Crippen LogP contribution in [0.4, 0.5) is 4.39 Å². The second-order valence-corrected chi connectivity index (χ2v) is 1.58. The molecule has 0 radical (unpaired) electrons. The molecule has 0 aliphatic rings. The van der Waals surface area contributed by atoms with Crippen molar-refractivity contribution >= 4 is 6.72 Å². The Bertz CT molecular complexity index is 86.5. The molecule has 0 aromatic rings. The summed E-state index contributed by atoms with van der Waals surface area (Å²) in [6.45, 7) is 4.71. The van der Waals surface area contributed by atoms with E-state index in [4.69, 9.17) is 0 Å². The van der Waals surface area contributed by atoms with Gasteiger partial charge in [0, 0.05) is 6.20 Å². The summed E-state index contributed by atoms with van der Waals surface area (Å²) in [5.41, 5.74) is 0. The predicted molar refractivity (Wildman–Crippen MR) is 33.9 cm³/mol. The zero-order valence-electron chi connectivity index (χ0n) is 4.97. The van der Waals surface area contributed by atoms with Gasteiger partial charge in [-0.1, -0.05) is 6.08 Å². The van der Waals surface area contributed by atoms with Gasteiger partial charge in [-0.25, -0.2) is 4.39 Å². The number of hydrogen-bond acceptors (Lipinski definition) is 1. The van der Waals surface area contributed by atoms with Crippen LogP contribution >= 0.6 is 0 Å². The highest BCUT2D eigenvalue weighted by molar-refractivity contribution is 5.25. The number of halogens is 1. The minimum atomic E-state index is -0.770. The third kappa shape index (κ3) is 5.34. The zero-order chi connectivity index (χ0) is 6.41. The summed E-state index contributed by atoms with van der Waals surface area (Å²) in [5.74, 6) is 0. The molecule has 1 atom stereocenters. The molecule has 0 saturated carbocycles. The zero-order valence-corrected chi connectivity index (χ0v) is 4.97. The van der Waals surface area contributed by atoms with Crippen molar-refractivity contribution in [2.75, 3.05) is 0 Å². The molecular formula is C6H10FN. The molecule has 46 valence electrons. The fraction of sp³-hybridized carbons (Fsp3) is 0.500. The average molecular weight is 115 g/mol. The van der Waals surface area contributed by atoms with Crippen LogP contribution < -0.4 is 0 Å². The number of rotatable bonds is 3. The number of allylic oxidation sites excluding steroid dienone is 1. The molecule has 0 N–H and O–H groups in total. The van der Waals surface area contributed by atoms with Crippen molar-refractivity contribution in [3.8, 4) is 0 Å². The van der Waals surface area contributed by atoms with Gasteiger partial charge in [-0.15, -0.1) is 0 Å². The Labute approximate surface area is 48.9 Å². The van der Waals surface area contributed by atoms with E-state index in [0.717, 1.165) is 0 Å². The van der Waals surface area contributed by atoms with Crippen LogP contribution in [0.15, 0.2) is 17.3 Å². The minimum Gasteiger partial charge on any atom is -0.273 e. The second kappa shape index (κ2) is 4.50. The quantitative estimate of drug-likeness (QED) is 0.498. The van der Waals surface area contributed by atoms with Gasteiger partial charge < -0.3 is 0 Å². The van der Waals surface area contributed by atoms with Crippen LogP contribution in [0.2, 0.25) is 0 Å². The number of nitrogens with zero attached hydrogens (tertiary/aromatic N) is 1. The van der Waals surface area contributed by atoms with Crippen LogP contribution in [0.1, 0.15) is 13.3 Å². The van der Waals surface area contributed by atoms with Crippen molar-refractivity contribution in [1.82, 2.24) is 0 Å². The van der Waals surface area contributed by atoms with Gasteiger partial charge in [-0.05, 0) is 20.1 Å². The molecule has 0 fully saturated rings. The molecule has 0 spiro atoms. The molecule has 0 aliphatic heterocycles. The predicted octanol–water partition coefficient (Wildman–Crippen LogP) is 1.95. The third-order valence-electron chi connectivity index (χ3n) is 0.672. The van der Waals surface area contributed by atoms with Crippen molar-refractivity contribution in [3.05, 3.63) is 12.3 Å². The Morgan fingerprint density at radius 1 is 1.88 bits per heavy atom. The van der Waals surface area contributed by atoms with Crippen molar-refractivity contribution < 1.29 is 4.39 Å². The summed E-state index contributed by atoms with van der Waals surface area (Å²) >= 11 is 0. The number of hydrogen-bond donors (Lipinski definition) is 0. The average Bonchev–Trinajstić information content (AvgIpc) is 1.66. The Morgan fingerprint density at radius 2 is 2.50 bits per heavy atom. The molecular weight excluding hydrogens is 105 g/mol. The lowest BCUT2D eigenvalue weighted by Gasteiger charge is -1.89. The van der Waals surface area contributed by atoms with E-state index in [9.17, 15) is 4.39 Å². The monoisotopic (exact) mass is 115 g/mol. The first kappa shape index (κ1) is 7.34. The van der Waals surface area contributed by atoms with Crippen LogP contribution in [0.5, 0.6) is 0 Å². The Balaban J connectivity index is 3.15. The van der Waals surface area contributed by atoms with E-state index >= 15 is 0 Å². The van der Waals surface area contributed by atoms with Crippen LogP contribution in [-0.4, -0.2) is 12.9 Å². The van der Waals surface area contributed by atoms with Gasteiger partial charge in [-0.3, -0.25) is 4.99 Å². The fourth-order valence-electron chi connectivity index (χ4n) is 0.323. The molecule has 0 bridgehead atoms. The lowest BCUT2D eigenvalue weighted by Crippen LogP contribution is -1.86. The molecule has 8 heavy (non-hydrogen) atoms. The maximum Gasteiger partial charge on any atom is 0.101 e. The van der Waals surface area contributed by atoms with Gasteiger partial charge in [-0.2, -0.15) is 0 Å². The minimum absolute atomic E-state index is 0.430. The number of aliphatic imine (C=N–C) groups is 1. The van der Waals surface area contributed by atoms with Crippen LogP contribution in [0.25, 0.3) is 0 Å². The molecule has 1 nitrogen and oxygen atoms in total. The van der Waals surface area contributed by atoms with Gasteiger partial charge in [0.25, 0.3) is 0 Å². The van der Waals surface area contributed by atoms with Gasteiger partial charge in [0.2, 0.25) is 0 Å². The standard InChI is InChI=1S/C6H10FN/c1-6(7)4-3-5-8-2/h3,5-6H,2,4H2,1H3/b5-3-. The number of alkyl halides is 1. The Kier molecular flexibility index (Phi) is 4.13. The molecule has 0 aromatic carbocycles. The summed E-state index contributed by atoms with van der Waals surface area (Å²) in [6, 6.07) is 0. The van der Waals surface area contributed by atoms with E-state index in [0.29, 0.717) is 6.42 Å². The molecule has 0 rings (SSSR count). The topological polar surface area (TPSA) is 12.4 Å². The molecule has 0 aromatic heterocycles. The maximum atomic E-state index is 11.9. The summed E-state index contributed by atoms with van der Waals surface area (Å²) in [6.07, 6.45) is 2.81.